The number of carbonyl (C=O) groups excluding carboxylic acids is 2. The number of amides is 3. The van der Waals surface area contributed by atoms with Crippen molar-refractivity contribution in [1.82, 2.24) is 9.80 Å². The maximum Gasteiger partial charge on any atom is 0.326 e. The van der Waals surface area contributed by atoms with Crippen LogP contribution in [0.4, 0.5) is 4.79 Å². The summed E-state index contributed by atoms with van der Waals surface area (Å²) in [5.74, 6) is -0.353. The van der Waals surface area contributed by atoms with Gasteiger partial charge in [0.1, 0.15) is 11.6 Å². The fraction of sp³-hybridized carbons (Fsp3) is 0.300. The highest BCUT2D eigenvalue weighted by Gasteiger charge is 2.73. The number of fused-ring (bicyclic) bond motifs is 1. The van der Waals surface area contributed by atoms with E-state index >= 15 is 0 Å². The molecule has 0 aromatic heterocycles. The molecule has 7 heteroatoms. The second-order valence-electron chi connectivity index (χ2n) is 7.12. The normalized spacial score (nSPS) is 26.6. The van der Waals surface area contributed by atoms with Crippen LogP contribution in [-0.2, 0) is 15.1 Å². The molecule has 27 heavy (non-hydrogen) atoms. The van der Waals surface area contributed by atoms with Gasteiger partial charge in [0.2, 0.25) is 0 Å². The van der Waals surface area contributed by atoms with Gasteiger partial charge in [-0.1, -0.05) is 47.5 Å². The molecule has 0 N–H and O–H groups in total. The van der Waals surface area contributed by atoms with Crippen LogP contribution in [0.2, 0.25) is 10.0 Å². The summed E-state index contributed by atoms with van der Waals surface area (Å²) in [6.45, 7) is 1.73. The van der Waals surface area contributed by atoms with Crippen LogP contribution in [0.3, 0.4) is 0 Å². The molecule has 0 spiro atoms. The molecule has 2 saturated heterocycles. The van der Waals surface area contributed by atoms with Gasteiger partial charge in [-0.15, -0.1) is 0 Å². The molecule has 2 aliphatic rings. The predicted molar refractivity (Wildman–Crippen MR) is 103 cm³/mol. The molecule has 5 nitrogen and oxygen atoms in total. The average molecular weight is 405 g/mol. The summed E-state index contributed by atoms with van der Waals surface area (Å²) < 4.78 is 6.40. The molecular weight excluding hydrogens is 387 g/mol. The molecule has 0 radical (unpaired) electrons. The molecule has 0 aliphatic carbocycles. The third-order valence-electron chi connectivity index (χ3n) is 5.53. The van der Waals surface area contributed by atoms with Gasteiger partial charge in [-0.25, -0.2) is 4.79 Å². The van der Waals surface area contributed by atoms with Crippen molar-refractivity contribution >= 4 is 35.1 Å². The number of urea groups is 1. The van der Waals surface area contributed by atoms with Gasteiger partial charge in [-0.05, 0) is 42.3 Å². The summed E-state index contributed by atoms with van der Waals surface area (Å²) in [5.41, 5.74) is -0.510. The molecule has 2 aromatic carbocycles. The standard InChI is InChI=1S/C20H18Cl2N2O3/c1-19-16(23(2)18(26)24(3)17(19)25)20(27-19,12-4-8-14(21)9-5-12)13-6-10-15(22)11-7-13/h4-11,16H,1-3H3/t16-,19-/m1/s1. The average Bonchev–Trinajstić information content (AvgIpc) is 2.64. The van der Waals surface area contributed by atoms with Crippen molar-refractivity contribution in [3.63, 3.8) is 0 Å². The molecule has 2 heterocycles. The molecule has 2 aliphatic heterocycles. The van der Waals surface area contributed by atoms with E-state index in [9.17, 15) is 9.59 Å². The first-order valence-corrected chi connectivity index (χ1v) is 9.24. The van der Waals surface area contributed by atoms with Crippen LogP contribution in [-0.4, -0.2) is 47.5 Å². The van der Waals surface area contributed by atoms with Gasteiger partial charge in [0, 0.05) is 24.1 Å². The fourth-order valence-electron chi connectivity index (χ4n) is 4.34. The third-order valence-corrected chi connectivity index (χ3v) is 6.04. The Labute approximate surface area is 167 Å². The molecule has 0 saturated carbocycles. The lowest BCUT2D eigenvalue weighted by atomic mass is 9.65. The quantitative estimate of drug-likeness (QED) is 0.761. The van der Waals surface area contributed by atoms with Gasteiger partial charge in [0.25, 0.3) is 5.91 Å². The highest BCUT2D eigenvalue weighted by Crippen LogP contribution is 2.57. The fourth-order valence-corrected chi connectivity index (χ4v) is 4.59. The first-order valence-electron chi connectivity index (χ1n) is 8.49. The molecule has 0 bridgehead atoms. The van der Waals surface area contributed by atoms with Crippen molar-refractivity contribution in [2.24, 2.45) is 0 Å². The molecule has 140 valence electrons. The van der Waals surface area contributed by atoms with Crippen molar-refractivity contribution in [1.29, 1.82) is 0 Å². The van der Waals surface area contributed by atoms with E-state index in [1.165, 1.54) is 7.05 Å². The summed E-state index contributed by atoms with van der Waals surface area (Å²) in [6, 6.07) is 13.6. The monoisotopic (exact) mass is 404 g/mol. The molecule has 0 unspecified atom stereocenters. The Kier molecular flexibility index (Phi) is 4.04. The number of ether oxygens (including phenoxy) is 1. The van der Waals surface area contributed by atoms with E-state index in [2.05, 4.69) is 0 Å². The van der Waals surface area contributed by atoms with Crippen LogP contribution in [0.15, 0.2) is 48.5 Å². The number of nitrogens with zero attached hydrogens (tertiary/aromatic N) is 2. The van der Waals surface area contributed by atoms with E-state index in [1.54, 1.807) is 43.1 Å². The van der Waals surface area contributed by atoms with Crippen molar-refractivity contribution in [3.05, 3.63) is 69.7 Å². The van der Waals surface area contributed by atoms with E-state index in [0.717, 1.165) is 16.0 Å². The maximum atomic E-state index is 12.8. The van der Waals surface area contributed by atoms with Crippen molar-refractivity contribution in [2.75, 3.05) is 14.1 Å². The van der Waals surface area contributed by atoms with E-state index in [4.69, 9.17) is 27.9 Å². The first-order chi connectivity index (χ1) is 12.7. The largest absolute Gasteiger partial charge is 0.345 e. The highest BCUT2D eigenvalue weighted by molar-refractivity contribution is 6.30. The molecule has 3 amide bonds. The predicted octanol–water partition coefficient (Wildman–Crippen LogP) is 3.92. The van der Waals surface area contributed by atoms with Crippen molar-refractivity contribution in [2.45, 2.75) is 24.2 Å². The Morgan fingerprint density at radius 2 is 1.33 bits per heavy atom. The second kappa shape index (κ2) is 5.96. The Balaban J connectivity index is 1.93. The zero-order valence-electron chi connectivity index (χ0n) is 15.1. The van der Waals surface area contributed by atoms with Crippen LogP contribution in [0.25, 0.3) is 0 Å². The summed E-state index contributed by atoms with van der Waals surface area (Å²) >= 11 is 12.1. The number of hydrogen-bond acceptors (Lipinski definition) is 3. The minimum atomic E-state index is -1.14. The Morgan fingerprint density at radius 1 is 0.889 bits per heavy atom. The summed E-state index contributed by atoms with van der Waals surface area (Å²) in [4.78, 5) is 28.2. The number of carbonyl (C=O) groups is 2. The number of halogens is 2. The van der Waals surface area contributed by atoms with Gasteiger partial charge in [0.15, 0.2) is 5.60 Å². The lowest BCUT2D eigenvalue weighted by molar-refractivity contribution is -0.296. The van der Waals surface area contributed by atoms with E-state index in [1.807, 2.05) is 24.3 Å². The van der Waals surface area contributed by atoms with Crippen molar-refractivity contribution < 1.29 is 14.3 Å². The van der Waals surface area contributed by atoms with Crippen LogP contribution in [0.5, 0.6) is 0 Å². The van der Waals surface area contributed by atoms with E-state index in [0.29, 0.717) is 10.0 Å². The Morgan fingerprint density at radius 3 is 1.78 bits per heavy atom. The molecule has 4 rings (SSSR count). The Hall–Kier alpha value is -2.08. The lowest BCUT2D eigenvalue weighted by Crippen LogP contribution is -2.83. The van der Waals surface area contributed by atoms with Crippen LogP contribution in [0.1, 0.15) is 18.1 Å². The number of rotatable bonds is 2. The van der Waals surface area contributed by atoms with E-state index < -0.39 is 17.2 Å². The van der Waals surface area contributed by atoms with Gasteiger partial charge in [0.05, 0.1) is 0 Å². The van der Waals surface area contributed by atoms with Gasteiger partial charge in [-0.2, -0.15) is 0 Å². The number of likely N-dealkylation sites (N-methyl/N-ethyl adjacent to an activating group) is 2. The van der Waals surface area contributed by atoms with E-state index in [-0.39, 0.29) is 11.9 Å². The van der Waals surface area contributed by atoms with Crippen LogP contribution < -0.4 is 0 Å². The summed E-state index contributed by atoms with van der Waals surface area (Å²) in [5, 5.41) is 1.19. The molecule has 2 fully saturated rings. The zero-order valence-corrected chi connectivity index (χ0v) is 16.6. The third kappa shape index (κ3) is 2.35. The SMILES string of the molecule is CN1C(=O)N(C)[C@H]2C(c3ccc(Cl)cc3)(c3ccc(Cl)cc3)O[C@@]2(C)C1=O. The maximum absolute atomic E-state index is 12.8. The van der Waals surface area contributed by atoms with Gasteiger partial charge >= 0.3 is 6.03 Å². The zero-order chi connectivity index (χ0) is 19.6. The smallest absolute Gasteiger partial charge is 0.326 e. The topological polar surface area (TPSA) is 49.9 Å². The first kappa shape index (κ1) is 18.3. The summed E-state index contributed by atoms with van der Waals surface area (Å²) in [6.07, 6.45) is 0. The number of benzene rings is 2. The number of imide groups is 1. The Bertz CT molecular complexity index is 884. The highest BCUT2D eigenvalue weighted by atomic mass is 35.5. The molecular formula is C20H18Cl2N2O3. The minimum Gasteiger partial charge on any atom is -0.345 e. The second-order valence-corrected chi connectivity index (χ2v) is 7.99. The van der Waals surface area contributed by atoms with Crippen LogP contribution >= 0.6 is 23.2 Å². The van der Waals surface area contributed by atoms with Gasteiger partial charge < -0.3 is 9.64 Å². The minimum absolute atomic E-state index is 0.353. The van der Waals surface area contributed by atoms with Gasteiger partial charge in [-0.3, -0.25) is 9.69 Å². The lowest BCUT2D eigenvalue weighted by Gasteiger charge is -2.65. The number of hydrogen-bond donors (Lipinski definition) is 0. The molecule has 2 atom stereocenters. The van der Waals surface area contributed by atoms with Crippen LogP contribution in [0, 0.1) is 0 Å². The molecule has 2 aromatic rings. The van der Waals surface area contributed by atoms with Crippen molar-refractivity contribution in [3.8, 4) is 0 Å². The summed E-state index contributed by atoms with van der Waals surface area (Å²) in [7, 11) is 3.16.